The molecule has 1 N–H and O–H groups in total. The van der Waals surface area contributed by atoms with Crippen LogP contribution >= 0.6 is 0 Å². The summed E-state index contributed by atoms with van der Waals surface area (Å²) >= 11 is 0. The fraction of sp³-hybridized carbons (Fsp3) is 0.909. The fourth-order valence-corrected chi connectivity index (χ4v) is 2.54. The summed E-state index contributed by atoms with van der Waals surface area (Å²) in [6.45, 7) is 8.49. The van der Waals surface area contributed by atoms with Gasteiger partial charge in [0, 0.05) is 20.0 Å². The van der Waals surface area contributed by atoms with Crippen LogP contribution in [0, 0.1) is 5.92 Å². The normalized spacial score (nSPS) is 29.9. The second kappa shape index (κ2) is 3.23. The number of aliphatic carboxylic acids is 1. The molecule has 0 aromatic heterocycles. The number of nitrogens with zero attached hydrogens (tertiary/aromatic N) is 1. The van der Waals surface area contributed by atoms with Gasteiger partial charge in [0.25, 0.3) is 1.43 Å². The highest BCUT2D eigenvalue weighted by molar-refractivity contribution is 5.70. The number of carboxylic acid groups (broad SMARTS) is 1. The molecule has 0 aromatic carbocycles. The quantitative estimate of drug-likeness (QED) is 0.737. The maximum absolute atomic E-state index is 11.4. The summed E-state index contributed by atoms with van der Waals surface area (Å²) in [5.74, 6) is -0.548. The third kappa shape index (κ3) is 1.92. The predicted octanol–water partition coefficient (Wildman–Crippen LogP) is 2.71. The molecule has 3 heteroatoms. The van der Waals surface area contributed by atoms with Crippen molar-refractivity contribution in [1.29, 1.82) is 1.43 Å². The van der Waals surface area contributed by atoms with Crippen molar-refractivity contribution in [2.45, 2.75) is 51.6 Å². The van der Waals surface area contributed by atoms with Gasteiger partial charge in [-0.1, -0.05) is 0 Å². The van der Waals surface area contributed by atoms with Crippen LogP contribution in [0.1, 0.15) is 49.4 Å². The van der Waals surface area contributed by atoms with Crippen LogP contribution in [0.4, 0.5) is 0 Å². The van der Waals surface area contributed by atoms with Gasteiger partial charge in [0.05, 0.1) is 5.92 Å². The minimum Gasteiger partial charge on any atom is -0.481 e. The topological polar surface area (TPSA) is 40.5 Å². The van der Waals surface area contributed by atoms with Crippen LogP contribution in [0.5, 0.6) is 0 Å². The number of rotatable bonds is 1. The second-order valence-corrected chi connectivity index (χ2v) is 5.61. The van der Waals surface area contributed by atoms with Crippen molar-refractivity contribution in [3.63, 3.8) is 0 Å². The van der Waals surface area contributed by atoms with E-state index in [1.165, 1.54) is 0 Å². The Morgan fingerprint density at radius 2 is 1.93 bits per heavy atom. The van der Waals surface area contributed by atoms with Crippen molar-refractivity contribution in [3.8, 4) is 0 Å². The predicted molar refractivity (Wildman–Crippen MR) is 62.6 cm³/mol. The number of hydrogen-bond donors (Lipinski definition) is 1. The lowest BCUT2D eigenvalue weighted by molar-refractivity contribution is -0.149. The lowest BCUT2D eigenvalue weighted by atomic mass is 9.74. The van der Waals surface area contributed by atoms with E-state index in [0.29, 0.717) is 0 Å². The maximum Gasteiger partial charge on any atom is 0.306 e. The van der Waals surface area contributed by atoms with Gasteiger partial charge >= 0.3 is 5.97 Å². The maximum atomic E-state index is 11.4. The number of carbonyl (C=O) groups is 1. The molecule has 0 bridgehead atoms. The molecule has 1 rings (SSSR count). The van der Waals surface area contributed by atoms with Gasteiger partial charge in [-0.25, -0.2) is 0 Å². The number of piperidine rings is 1. The first-order valence-corrected chi connectivity index (χ1v) is 5.11. The molecule has 0 amide bonds. The number of hydrogen-bond acceptors (Lipinski definition) is 3. The Kier molecular flexibility index (Phi) is 1.57. The first-order chi connectivity index (χ1) is 9.70. The zero-order chi connectivity index (χ0) is 17.9. The Labute approximate surface area is 96.8 Å². The zero-order valence-electron chi connectivity index (χ0n) is 16.8. The SMILES string of the molecule is [3H]OC(=O)C1CC(C)(C)N(C)C(C)(C)C1.[3H][3H].[3H][3H].[3H][3H]. The molecule has 0 atom stereocenters. The molecular weight excluding hydrogens is 178 g/mol. The molecule has 0 spiro atoms. The monoisotopic (exact) mass is 219 g/mol. The molecule has 1 saturated heterocycles. The van der Waals surface area contributed by atoms with E-state index in [1.807, 2.05) is 0 Å². The average Bonchev–Trinajstić information content (AvgIpc) is 2.49. The highest BCUT2D eigenvalue weighted by atomic mass is 16.4. The zero-order valence-corrected chi connectivity index (χ0v) is 9.76. The minimum atomic E-state index is -0.399. The molecule has 1 fully saturated rings. The van der Waals surface area contributed by atoms with Crippen LogP contribution < -0.4 is 0 Å². The van der Waals surface area contributed by atoms with Crippen molar-refractivity contribution in [1.82, 2.24) is 4.90 Å². The summed E-state index contributed by atoms with van der Waals surface area (Å²) in [5.41, 5.74) is -0.0544. The van der Waals surface area contributed by atoms with E-state index in [-0.39, 0.29) is 17.0 Å². The van der Waals surface area contributed by atoms with Gasteiger partial charge in [-0.2, -0.15) is 0 Å². The van der Waals surface area contributed by atoms with Crippen LogP contribution in [0.3, 0.4) is 0 Å². The van der Waals surface area contributed by atoms with Crippen LogP contribution in [-0.4, -0.2) is 34.1 Å². The fourth-order valence-electron chi connectivity index (χ4n) is 2.54. The molecule has 0 aromatic rings. The molecule has 0 aliphatic carbocycles. The summed E-state index contributed by atoms with van der Waals surface area (Å²) in [5, 5.41) is 4.10. The van der Waals surface area contributed by atoms with E-state index in [4.69, 9.17) is 10.3 Å². The molecule has 88 valence electrons. The van der Waals surface area contributed by atoms with Crippen molar-refractivity contribution < 1.29 is 18.8 Å². The van der Waals surface area contributed by atoms with E-state index in [9.17, 15) is 4.79 Å². The largest absolute Gasteiger partial charge is 0.481 e. The standard InChI is InChI=1S/C11H21NO2.3H2/c1-10(2)6-8(9(13)14)7-11(3,4)12(10)5;;;/h8H,6-7H2,1-5H3,(H,13,14);3*1H/i;3*1+2T/hT. The van der Waals surface area contributed by atoms with Gasteiger partial charge in [0.1, 0.15) is 0 Å². The lowest BCUT2D eigenvalue weighted by Crippen LogP contribution is -2.59. The Balaban J connectivity index is -0.000000478. The van der Waals surface area contributed by atoms with Gasteiger partial charge < -0.3 is 5.11 Å². The molecule has 0 saturated carbocycles. The van der Waals surface area contributed by atoms with Crippen molar-refractivity contribution >= 4 is 5.97 Å². The Hall–Kier alpha value is -0.570. The molecule has 14 heavy (non-hydrogen) atoms. The first-order valence-electron chi connectivity index (χ1n) is 8.52. The Bertz CT molecular complexity index is 259. The van der Waals surface area contributed by atoms with E-state index < -0.39 is 5.97 Å². The van der Waals surface area contributed by atoms with Gasteiger partial charge in [-0.3, -0.25) is 9.69 Å². The van der Waals surface area contributed by atoms with E-state index in [1.54, 1.807) is 0 Å². The summed E-state index contributed by atoms with van der Waals surface area (Å²) in [6, 6.07) is 0. The van der Waals surface area contributed by atoms with Crippen molar-refractivity contribution in [2.75, 3.05) is 7.05 Å². The summed E-state index contributed by atoms with van der Waals surface area (Å²) in [6.07, 6.45) is 1.51. The Morgan fingerprint density at radius 1 is 1.50 bits per heavy atom. The van der Waals surface area contributed by atoms with Gasteiger partial charge in [0.15, 0.2) is 0 Å². The van der Waals surface area contributed by atoms with E-state index in [2.05, 4.69) is 44.8 Å². The van der Waals surface area contributed by atoms with Gasteiger partial charge in [-0.15, -0.1) is 0 Å². The van der Waals surface area contributed by atoms with Crippen LogP contribution in [0.25, 0.3) is 1.43 Å². The van der Waals surface area contributed by atoms with Crippen LogP contribution in [0.2, 0.25) is 0 Å². The average molecular weight is 219 g/mol. The molecule has 0 radical (unpaired) electrons. The van der Waals surface area contributed by atoms with E-state index >= 15 is 0 Å². The highest BCUT2D eigenvalue weighted by Crippen LogP contribution is 2.39. The summed E-state index contributed by atoms with van der Waals surface area (Å²) < 4.78 is 36.7. The number of likely N-dealkylation sites (tertiary alicyclic amines) is 1. The van der Waals surface area contributed by atoms with Gasteiger partial charge in [0.2, 0.25) is 0 Å². The second-order valence-electron chi connectivity index (χ2n) is 5.61. The summed E-state index contributed by atoms with van der Waals surface area (Å²) in [7, 11) is 2.09. The summed E-state index contributed by atoms with van der Waals surface area (Å²) in [4.78, 5) is 13.7. The first kappa shape index (κ1) is 6.83. The van der Waals surface area contributed by atoms with E-state index in [0.717, 1.165) is 12.8 Å². The molecule has 1 heterocycles. The van der Waals surface area contributed by atoms with Crippen LogP contribution in [0.15, 0.2) is 0 Å². The molecule has 1 aliphatic heterocycles. The molecule has 1 aliphatic rings. The van der Waals surface area contributed by atoms with Crippen LogP contribution in [-0.2, 0) is 4.79 Å². The Morgan fingerprint density at radius 3 is 2.29 bits per heavy atom. The molecular formula is C11H27NO2. The molecule has 3 nitrogen and oxygen atoms in total. The van der Waals surface area contributed by atoms with Crippen molar-refractivity contribution in [3.05, 3.63) is 0 Å². The lowest BCUT2D eigenvalue weighted by Gasteiger charge is -2.52. The highest BCUT2D eigenvalue weighted by Gasteiger charge is 2.45. The molecule has 0 unspecified atom stereocenters. The van der Waals surface area contributed by atoms with Crippen molar-refractivity contribution in [2.24, 2.45) is 5.92 Å². The third-order valence-corrected chi connectivity index (χ3v) is 3.64. The number of carboxylic acids is 1. The van der Waals surface area contributed by atoms with Gasteiger partial charge in [-0.05, 0) is 47.6 Å². The smallest absolute Gasteiger partial charge is 0.306 e. The minimum absolute atomic E-state index is 0.0272. The third-order valence-electron chi connectivity index (χ3n) is 3.64.